The van der Waals surface area contributed by atoms with Gasteiger partial charge < -0.3 is 14.4 Å². The van der Waals surface area contributed by atoms with E-state index < -0.39 is 11.8 Å². The third-order valence-electron chi connectivity index (χ3n) is 3.57. The summed E-state index contributed by atoms with van der Waals surface area (Å²) in [6, 6.07) is 11.9. The van der Waals surface area contributed by atoms with Gasteiger partial charge in [0.2, 0.25) is 6.79 Å². The van der Waals surface area contributed by atoms with Crippen molar-refractivity contribution < 1.29 is 19.1 Å². The Labute approximate surface area is 139 Å². The van der Waals surface area contributed by atoms with E-state index in [1.807, 2.05) is 31.1 Å². The van der Waals surface area contributed by atoms with Crippen LogP contribution < -0.4 is 25.2 Å². The summed E-state index contributed by atoms with van der Waals surface area (Å²) in [6.07, 6.45) is 0. The maximum Gasteiger partial charge on any atom is 0.269 e. The van der Waals surface area contributed by atoms with E-state index in [1.165, 1.54) is 0 Å². The molecule has 1 heterocycles. The number of carbonyl (C=O) groups excluding carboxylic acids is 2. The van der Waals surface area contributed by atoms with Crippen LogP contribution in [0, 0.1) is 0 Å². The number of hydrogen-bond donors (Lipinski definition) is 2. The summed E-state index contributed by atoms with van der Waals surface area (Å²) in [7, 11) is 3.83. The summed E-state index contributed by atoms with van der Waals surface area (Å²) in [6.45, 7) is 0.139. The van der Waals surface area contributed by atoms with Crippen LogP contribution in [0.3, 0.4) is 0 Å². The van der Waals surface area contributed by atoms with Crippen molar-refractivity contribution in [3.8, 4) is 11.5 Å². The molecule has 0 saturated heterocycles. The fourth-order valence-corrected chi connectivity index (χ4v) is 2.21. The van der Waals surface area contributed by atoms with Crippen LogP contribution in [0.15, 0.2) is 42.5 Å². The molecule has 3 rings (SSSR count). The lowest BCUT2D eigenvalue weighted by atomic mass is 10.2. The first-order valence-electron chi connectivity index (χ1n) is 7.32. The van der Waals surface area contributed by atoms with E-state index in [0.29, 0.717) is 22.6 Å². The topological polar surface area (TPSA) is 79.9 Å². The number of rotatable bonds is 3. The number of hydrogen-bond acceptors (Lipinski definition) is 5. The Balaban J connectivity index is 1.60. The Morgan fingerprint density at radius 1 is 0.875 bits per heavy atom. The second-order valence-electron chi connectivity index (χ2n) is 5.42. The maximum atomic E-state index is 12.1. The summed E-state index contributed by atoms with van der Waals surface area (Å²) in [5, 5.41) is 0. The molecule has 24 heavy (non-hydrogen) atoms. The smallest absolute Gasteiger partial charge is 0.269 e. The van der Waals surface area contributed by atoms with Crippen molar-refractivity contribution in [2.24, 2.45) is 0 Å². The van der Waals surface area contributed by atoms with Gasteiger partial charge in [-0.3, -0.25) is 20.4 Å². The normalized spacial score (nSPS) is 11.8. The molecule has 2 amide bonds. The van der Waals surface area contributed by atoms with Crippen molar-refractivity contribution in [2.75, 3.05) is 25.8 Å². The first-order chi connectivity index (χ1) is 11.5. The lowest BCUT2D eigenvalue weighted by molar-refractivity contribution is 0.0846. The maximum absolute atomic E-state index is 12.1. The summed E-state index contributed by atoms with van der Waals surface area (Å²) in [5.74, 6) is 0.269. The number of fused-ring (bicyclic) bond motifs is 1. The zero-order valence-electron chi connectivity index (χ0n) is 13.3. The number of amides is 2. The van der Waals surface area contributed by atoms with Crippen molar-refractivity contribution in [1.29, 1.82) is 0 Å². The van der Waals surface area contributed by atoms with E-state index in [4.69, 9.17) is 9.47 Å². The molecule has 0 aromatic heterocycles. The highest BCUT2D eigenvalue weighted by Crippen LogP contribution is 2.32. The Morgan fingerprint density at radius 2 is 1.46 bits per heavy atom. The second kappa shape index (κ2) is 6.49. The predicted molar refractivity (Wildman–Crippen MR) is 88.3 cm³/mol. The average Bonchev–Trinajstić information content (AvgIpc) is 3.07. The number of carbonyl (C=O) groups is 2. The second-order valence-corrected chi connectivity index (χ2v) is 5.42. The monoisotopic (exact) mass is 327 g/mol. The van der Waals surface area contributed by atoms with Gasteiger partial charge in [-0.2, -0.15) is 0 Å². The van der Waals surface area contributed by atoms with Crippen molar-refractivity contribution in [2.45, 2.75) is 0 Å². The molecule has 7 heteroatoms. The minimum atomic E-state index is -0.438. The van der Waals surface area contributed by atoms with Gasteiger partial charge in [-0.25, -0.2) is 0 Å². The molecule has 0 unspecified atom stereocenters. The van der Waals surface area contributed by atoms with Crippen LogP contribution in [0.25, 0.3) is 0 Å². The van der Waals surface area contributed by atoms with E-state index in [2.05, 4.69) is 10.9 Å². The number of anilines is 1. The molecule has 0 saturated carbocycles. The van der Waals surface area contributed by atoms with Crippen molar-refractivity contribution >= 4 is 17.5 Å². The molecule has 0 atom stereocenters. The van der Waals surface area contributed by atoms with Crippen LogP contribution >= 0.6 is 0 Å². The molecule has 1 aliphatic heterocycles. The van der Waals surface area contributed by atoms with Crippen LogP contribution in [0.5, 0.6) is 11.5 Å². The molecular formula is C17H17N3O4. The van der Waals surface area contributed by atoms with Crippen LogP contribution in [0.1, 0.15) is 20.7 Å². The molecule has 0 aliphatic carbocycles. The number of benzene rings is 2. The summed E-state index contributed by atoms with van der Waals surface area (Å²) in [5.41, 5.74) is 6.57. The van der Waals surface area contributed by atoms with Gasteiger partial charge in [0.1, 0.15) is 0 Å². The molecule has 0 fully saturated rings. The molecular weight excluding hydrogens is 310 g/mol. The van der Waals surface area contributed by atoms with E-state index in [1.54, 1.807) is 30.3 Å². The highest BCUT2D eigenvalue weighted by Gasteiger charge is 2.16. The molecule has 2 aromatic rings. The third-order valence-corrected chi connectivity index (χ3v) is 3.57. The first-order valence-corrected chi connectivity index (χ1v) is 7.32. The lowest BCUT2D eigenvalue weighted by Gasteiger charge is -2.13. The van der Waals surface area contributed by atoms with Gasteiger partial charge >= 0.3 is 0 Å². The van der Waals surface area contributed by atoms with Gasteiger partial charge in [-0.1, -0.05) is 0 Å². The summed E-state index contributed by atoms with van der Waals surface area (Å²) in [4.78, 5) is 26.1. The minimum Gasteiger partial charge on any atom is -0.454 e. The van der Waals surface area contributed by atoms with E-state index in [9.17, 15) is 9.59 Å². The number of ether oxygens (including phenoxy) is 2. The van der Waals surface area contributed by atoms with Crippen molar-refractivity contribution in [3.05, 3.63) is 53.6 Å². The van der Waals surface area contributed by atoms with E-state index in [-0.39, 0.29) is 6.79 Å². The zero-order chi connectivity index (χ0) is 17.1. The predicted octanol–water partition coefficient (Wildman–Crippen LogP) is 1.56. The largest absolute Gasteiger partial charge is 0.454 e. The highest BCUT2D eigenvalue weighted by atomic mass is 16.7. The number of hydrazine groups is 1. The van der Waals surface area contributed by atoms with Crippen LogP contribution in [-0.2, 0) is 0 Å². The molecule has 0 bridgehead atoms. The Bertz CT molecular complexity index is 772. The Morgan fingerprint density at radius 3 is 2.12 bits per heavy atom. The standard InChI is InChI=1S/C17H17N3O4/c1-20(2)13-6-3-11(4-7-13)16(21)18-19-17(22)12-5-8-14-15(9-12)24-10-23-14/h3-9H,10H2,1-2H3,(H,18,21)(H,19,22). The first kappa shape index (κ1) is 15.7. The van der Waals surface area contributed by atoms with Crippen LogP contribution in [-0.4, -0.2) is 32.7 Å². The fraction of sp³-hybridized carbons (Fsp3) is 0.176. The van der Waals surface area contributed by atoms with Crippen molar-refractivity contribution in [1.82, 2.24) is 10.9 Å². The van der Waals surface area contributed by atoms with Crippen molar-refractivity contribution in [3.63, 3.8) is 0 Å². The number of nitrogens with one attached hydrogen (secondary N) is 2. The molecule has 2 N–H and O–H groups in total. The van der Waals surface area contributed by atoms with Gasteiger partial charge in [0.15, 0.2) is 11.5 Å². The van der Waals surface area contributed by atoms with Crippen LogP contribution in [0.4, 0.5) is 5.69 Å². The zero-order valence-corrected chi connectivity index (χ0v) is 13.3. The van der Waals surface area contributed by atoms with Gasteiger partial charge in [-0.15, -0.1) is 0 Å². The summed E-state index contributed by atoms with van der Waals surface area (Å²) < 4.78 is 10.4. The van der Waals surface area contributed by atoms with Crippen LogP contribution in [0.2, 0.25) is 0 Å². The third kappa shape index (κ3) is 3.24. The summed E-state index contributed by atoms with van der Waals surface area (Å²) >= 11 is 0. The molecule has 0 spiro atoms. The quantitative estimate of drug-likeness (QED) is 0.836. The van der Waals surface area contributed by atoms with Gasteiger partial charge in [0.25, 0.3) is 11.8 Å². The fourth-order valence-electron chi connectivity index (χ4n) is 2.21. The number of nitrogens with zero attached hydrogens (tertiary/aromatic N) is 1. The molecule has 124 valence electrons. The van der Waals surface area contributed by atoms with Gasteiger partial charge in [-0.05, 0) is 42.5 Å². The molecule has 2 aromatic carbocycles. The van der Waals surface area contributed by atoms with E-state index >= 15 is 0 Å². The lowest BCUT2D eigenvalue weighted by Crippen LogP contribution is -2.41. The Hall–Kier alpha value is -3.22. The minimum absolute atomic E-state index is 0.139. The molecule has 0 radical (unpaired) electrons. The average molecular weight is 327 g/mol. The SMILES string of the molecule is CN(C)c1ccc(C(=O)NNC(=O)c2ccc3c(c2)OCO3)cc1. The Kier molecular flexibility index (Phi) is 4.24. The molecule has 7 nitrogen and oxygen atoms in total. The highest BCUT2D eigenvalue weighted by molar-refractivity contribution is 5.99. The van der Waals surface area contributed by atoms with Gasteiger partial charge in [0, 0.05) is 30.9 Å². The molecule has 1 aliphatic rings. The van der Waals surface area contributed by atoms with Gasteiger partial charge in [0.05, 0.1) is 0 Å². The van der Waals surface area contributed by atoms with E-state index in [0.717, 1.165) is 5.69 Å².